The van der Waals surface area contributed by atoms with Gasteiger partial charge in [0.15, 0.2) is 0 Å². The maximum atomic E-state index is 11.9. The molecule has 0 unspecified atom stereocenters. The molecule has 0 aromatic heterocycles. The highest BCUT2D eigenvalue weighted by Crippen LogP contribution is 2.03. The predicted molar refractivity (Wildman–Crippen MR) is 117 cm³/mol. The van der Waals surface area contributed by atoms with E-state index >= 15 is 0 Å². The molecule has 4 N–H and O–H groups in total. The number of hydrogen-bond donors (Lipinski definition) is 4. The van der Waals surface area contributed by atoms with Gasteiger partial charge in [0.2, 0.25) is 0 Å². The molecule has 7 nitrogen and oxygen atoms in total. The molecule has 2 amide bonds. The lowest BCUT2D eigenvalue weighted by molar-refractivity contribution is -0.119. The zero-order chi connectivity index (χ0) is 21.4. The molecular weight excluding hydrogens is 380 g/mol. The number of carbonyl (C=O) groups excluding carboxylic acids is 3. The summed E-state index contributed by atoms with van der Waals surface area (Å²) in [5.74, 6) is -0.0860. The Morgan fingerprint density at radius 2 is 0.967 bits per heavy atom. The van der Waals surface area contributed by atoms with Crippen LogP contribution in [0.3, 0.4) is 0 Å². The van der Waals surface area contributed by atoms with E-state index in [0.717, 1.165) is 25.7 Å². The number of nitrogens with one attached hydrogen (secondary N) is 4. The number of rotatable bonds is 14. The van der Waals surface area contributed by atoms with E-state index in [0.29, 0.717) is 37.1 Å². The van der Waals surface area contributed by atoms with Crippen LogP contribution in [-0.4, -0.2) is 30.7 Å². The van der Waals surface area contributed by atoms with Crippen LogP contribution in [0.2, 0.25) is 0 Å². The molecule has 0 spiro atoms. The second-order valence-electron chi connectivity index (χ2n) is 6.95. The molecule has 2 rings (SSSR count). The number of unbranched alkanes of at least 4 members (excludes halogenated alkanes) is 2. The standard InChI is InChI=1S/C23H30N4O3/c28-21(15-7-9-17-24-26-22(29)19-11-3-1-4-12-19)16-8-10-18-25-27-23(30)20-13-5-2-6-14-20/h1-6,11-14,24-25H,7-10,15-18H2,(H,26,29)(H,27,30). The number of hydrogen-bond acceptors (Lipinski definition) is 5. The normalized spacial score (nSPS) is 10.4. The second kappa shape index (κ2) is 14.0. The van der Waals surface area contributed by atoms with Crippen LogP contribution in [0.5, 0.6) is 0 Å². The van der Waals surface area contributed by atoms with Crippen LogP contribution in [0.25, 0.3) is 0 Å². The van der Waals surface area contributed by atoms with Gasteiger partial charge in [0.25, 0.3) is 11.8 Å². The third-order valence-corrected chi connectivity index (χ3v) is 4.49. The summed E-state index contributed by atoms with van der Waals surface area (Å²) in [5, 5.41) is 0. The van der Waals surface area contributed by atoms with E-state index in [1.807, 2.05) is 36.4 Å². The Morgan fingerprint density at radius 1 is 0.567 bits per heavy atom. The van der Waals surface area contributed by atoms with E-state index < -0.39 is 0 Å². The molecule has 0 radical (unpaired) electrons. The van der Waals surface area contributed by atoms with Gasteiger partial charge >= 0.3 is 0 Å². The Kier molecular flexibility index (Phi) is 10.9. The number of carbonyl (C=O) groups is 3. The van der Waals surface area contributed by atoms with E-state index in [-0.39, 0.29) is 17.6 Å². The molecule has 0 saturated heterocycles. The van der Waals surface area contributed by atoms with Crippen LogP contribution in [0, 0.1) is 0 Å². The lowest BCUT2D eigenvalue weighted by atomic mass is 10.1. The molecule has 160 valence electrons. The van der Waals surface area contributed by atoms with Gasteiger partial charge in [-0.2, -0.15) is 0 Å². The van der Waals surface area contributed by atoms with Crippen molar-refractivity contribution in [1.29, 1.82) is 0 Å². The topological polar surface area (TPSA) is 99.3 Å². The first-order valence-electron chi connectivity index (χ1n) is 10.3. The highest BCUT2D eigenvalue weighted by molar-refractivity contribution is 5.94. The van der Waals surface area contributed by atoms with Gasteiger partial charge in [0.05, 0.1) is 0 Å². The van der Waals surface area contributed by atoms with E-state index in [2.05, 4.69) is 21.7 Å². The van der Waals surface area contributed by atoms with Crippen molar-refractivity contribution in [3.8, 4) is 0 Å². The average molecular weight is 411 g/mol. The van der Waals surface area contributed by atoms with Crippen molar-refractivity contribution in [3.05, 3.63) is 71.8 Å². The molecule has 0 fully saturated rings. The average Bonchev–Trinajstić information content (AvgIpc) is 2.79. The van der Waals surface area contributed by atoms with Gasteiger partial charge in [-0.15, -0.1) is 0 Å². The van der Waals surface area contributed by atoms with E-state index in [1.54, 1.807) is 24.3 Å². The number of hydrazine groups is 2. The van der Waals surface area contributed by atoms with Crippen molar-refractivity contribution in [1.82, 2.24) is 21.7 Å². The van der Waals surface area contributed by atoms with Crippen molar-refractivity contribution in [3.63, 3.8) is 0 Å². The quantitative estimate of drug-likeness (QED) is 0.284. The van der Waals surface area contributed by atoms with Crippen LogP contribution in [0.4, 0.5) is 0 Å². The lowest BCUT2D eigenvalue weighted by Gasteiger charge is -2.08. The highest BCUT2D eigenvalue weighted by Gasteiger charge is 2.05. The minimum Gasteiger partial charge on any atom is -0.300 e. The molecule has 0 aliphatic heterocycles. The number of benzene rings is 2. The summed E-state index contributed by atoms with van der Waals surface area (Å²) in [7, 11) is 0. The number of ketones is 1. The fourth-order valence-electron chi connectivity index (χ4n) is 2.81. The van der Waals surface area contributed by atoms with Gasteiger partial charge < -0.3 is 0 Å². The summed E-state index contributed by atoms with van der Waals surface area (Å²) in [6.45, 7) is 1.24. The Bertz CT molecular complexity index is 716. The third kappa shape index (κ3) is 9.45. The van der Waals surface area contributed by atoms with Gasteiger partial charge in [0, 0.05) is 37.1 Å². The molecule has 7 heteroatoms. The van der Waals surface area contributed by atoms with E-state index in [9.17, 15) is 14.4 Å². The van der Waals surface area contributed by atoms with E-state index in [1.165, 1.54) is 0 Å². The summed E-state index contributed by atoms with van der Waals surface area (Å²) < 4.78 is 0. The van der Waals surface area contributed by atoms with Crippen LogP contribution in [0.1, 0.15) is 59.2 Å². The maximum Gasteiger partial charge on any atom is 0.265 e. The number of Topliss-reactive ketones (excluding diaryl/α,β-unsaturated/α-hetero) is 1. The van der Waals surface area contributed by atoms with Crippen LogP contribution in [0.15, 0.2) is 60.7 Å². The van der Waals surface area contributed by atoms with Crippen LogP contribution < -0.4 is 21.7 Å². The maximum absolute atomic E-state index is 11.9. The summed E-state index contributed by atoms with van der Waals surface area (Å²) in [4.78, 5) is 35.6. The second-order valence-corrected chi connectivity index (χ2v) is 6.95. The minimum atomic E-state index is -0.166. The zero-order valence-electron chi connectivity index (χ0n) is 17.2. The first-order valence-corrected chi connectivity index (χ1v) is 10.3. The smallest absolute Gasteiger partial charge is 0.265 e. The SMILES string of the molecule is O=C(CCCCNNC(=O)c1ccccc1)CCCCNNC(=O)c1ccccc1. The van der Waals surface area contributed by atoms with Gasteiger partial charge in [-0.05, 0) is 49.9 Å². The Morgan fingerprint density at radius 3 is 1.37 bits per heavy atom. The molecule has 2 aromatic rings. The summed E-state index contributed by atoms with van der Waals surface area (Å²) in [6, 6.07) is 18.0. The lowest BCUT2D eigenvalue weighted by Crippen LogP contribution is -2.38. The largest absolute Gasteiger partial charge is 0.300 e. The predicted octanol–water partition coefficient (Wildman–Crippen LogP) is 2.77. The molecule has 2 aromatic carbocycles. The van der Waals surface area contributed by atoms with Gasteiger partial charge in [-0.1, -0.05) is 36.4 Å². The molecule has 0 saturated carbocycles. The monoisotopic (exact) mass is 410 g/mol. The molecule has 0 bridgehead atoms. The first-order chi connectivity index (χ1) is 14.7. The molecule has 30 heavy (non-hydrogen) atoms. The summed E-state index contributed by atoms with van der Waals surface area (Å²) >= 11 is 0. The summed E-state index contributed by atoms with van der Waals surface area (Å²) in [5.41, 5.74) is 12.3. The minimum absolute atomic E-state index is 0.166. The fourth-order valence-corrected chi connectivity index (χ4v) is 2.81. The van der Waals surface area contributed by atoms with Crippen LogP contribution in [-0.2, 0) is 4.79 Å². The Balaban J connectivity index is 1.40. The molecule has 0 heterocycles. The highest BCUT2D eigenvalue weighted by atomic mass is 16.2. The molecule has 0 atom stereocenters. The third-order valence-electron chi connectivity index (χ3n) is 4.49. The Labute approximate surface area is 177 Å². The van der Waals surface area contributed by atoms with E-state index in [4.69, 9.17) is 0 Å². The van der Waals surface area contributed by atoms with Crippen molar-refractivity contribution < 1.29 is 14.4 Å². The van der Waals surface area contributed by atoms with Crippen molar-refractivity contribution in [2.45, 2.75) is 38.5 Å². The molecule has 0 aliphatic rings. The Hall–Kier alpha value is -3.03. The van der Waals surface area contributed by atoms with Crippen molar-refractivity contribution in [2.75, 3.05) is 13.1 Å². The fraction of sp³-hybridized carbons (Fsp3) is 0.348. The summed E-state index contributed by atoms with van der Waals surface area (Å²) in [6.07, 6.45) is 4.30. The van der Waals surface area contributed by atoms with Crippen LogP contribution >= 0.6 is 0 Å². The zero-order valence-corrected chi connectivity index (χ0v) is 17.2. The molecular formula is C23H30N4O3. The van der Waals surface area contributed by atoms with Crippen molar-refractivity contribution >= 4 is 17.6 Å². The van der Waals surface area contributed by atoms with Crippen molar-refractivity contribution in [2.24, 2.45) is 0 Å². The molecule has 0 aliphatic carbocycles. The number of amides is 2. The van der Waals surface area contributed by atoms with Gasteiger partial charge in [-0.25, -0.2) is 10.9 Å². The van der Waals surface area contributed by atoms with Gasteiger partial charge in [0.1, 0.15) is 5.78 Å². The van der Waals surface area contributed by atoms with Gasteiger partial charge in [-0.3, -0.25) is 25.2 Å². The first kappa shape index (κ1) is 23.3.